The van der Waals surface area contributed by atoms with Gasteiger partial charge in [0, 0.05) is 19.3 Å². The van der Waals surface area contributed by atoms with Gasteiger partial charge >= 0.3 is 17.9 Å². The molecule has 0 aromatic heterocycles. The number of esters is 3. The molecule has 0 aromatic rings. The zero-order valence-corrected chi connectivity index (χ0v) is 48.9. The summed E-state index contributed by atoms with van der Waals surface area (Å²) < 4.78 is 17.0. The summed E-state index contributed by atoms with van der Waals surface area (Å²) in [5.41, 5.74) is 0. The molecule has 0 aliphatic heterocycles. The number of carbonyl (C=O) groups excluding carboxylic acids is 3. The smallest absolute Gasteiger partial charge is 0.306 e. The molecule has 0 aliphatic rings. The summed E-state index contributed by atoms with van der Waals surface area (Å²) in [6.07, 6.45) is 63.9. The normalized spacial score (nSPS) is 12.0. The predicted octanol–water partition coefficient (Wildman–Crippen LogP) is 21.6. The van der Waals surface area contributed by atoms with Crippen molar-refractivity contribution in [3.63, 3.8) is 0 Å². The molecule has 0 saturated heterocycles. The fourth-order valence-corrected chi connectivity index (χ4v) is 10.1. The van der Waals surface area contributed by atoms with Crippen LogP contribution in [0.3, 0.4) is 0 Å². The van der Waals surface area contributed by atoms with Gasteiger partial charge in [-0.15, -0.1) is 0 Å². The van der Waals surface area contributed by atoms with E-state index in [-0.39, 0.29) is 31.1 Å². The number of unbranched alkanes of at least 4 members (excludes halogenated alkanes) is 44. The second kappa shape index (κ2) is 57.7. The van der Waals surface area contributed by atoms with E-state index in [9.17, 15) is 14.4 Å². The van der Waals surface area contributed by atoms with Crippen molar-refractivity contribution < 1.29 is 28.6 Å². The second-order valence-corrected chi connectivity index (χ2v) is 23.4. The van der Waals surface area contributed by atoms with E-state index in [1.165, 1.54) is 257 Å². The van der Waals surface area contributed by atoms with Crippen molar-refractivity contribution >= 4 is 17.9 Å². The van der Waals surface area contributed by atoms with Gasteiger partial charge in [-0.1, -0.05) is 330 Å². The predicted molar refractivity (Wildman–Crippen MR) is 307 cm³/mol. The van der Waals surface area contributed by atoms with Gasteiger partial charge in [-0.05, 0) is 31.1 Å². The molecule has 6 nitrogen and oxygen atoms in total. The lowest BCUT2D eigenvalue weighted by molar-refractivity contribution is -0.167. The van der Waals surface area contributed by atoms with E-state index in [0.717, 1.165) is 69.6 Å². The van der Waals surface area contributed by atoms with Crippen LogP contribution in [0.25, 0.3) is 0 Å². The van der Waals surface area contributed by atoms with E-state index in [1.54, 1.807) is 0 Å². The van der Waals surface area contributed by atoms with Gasteiger partial charge in [0.1, 0.15) is 13.2 Å². The maximum absolute atomic E-state index is 12.9. The maximum Gasteiger partial charge on any atom is 0.306 e. The highest BCUT2D eigenvalue weighted by Crippen LogP contribution is 2.19. The topological polar surface area (TPSA) is 78.9 Å². The molecular formula is C65H126O6. The summed E-state index contributed by atoms with van der Waals surface area (Å²) >= 11 is 0. The molecule has 0 aromatic carbocycles. The maximum atomic E-state index is 12.9. The molecule has 71 heavy (non-hydrogen) atoms. The van der Waals surface area contributed by atoms with E-state index in [2.05, 4.69) is 34.6 Å². The molecule has 0 heterocycles. The Morgan fingerprint density at radius 3 is 0.690 bits per heavy atom. The Balaban J connectivity index is 4.26. The SMILES string of the molecule is CCCCCCCCCCCCCCCCCC(=O)OC[C@@H](COC(=O)CCCCCCCCCCCCCCCCCCCCC(C)C)OC(=O)CCCCCCCCCCCCCCCCC(C)C. The van der Waals surface area contributed by atoms with Crippen molar-refractivity contribution in [2.75, 3.05) is 13.2 Å². The Morgan fingerprint density at radius 1 is 0.268 bits per heavy atom. The van der Waals surface area contributed by atoms with Crippen LogP contribution in [0.5, 0.6) is 0 Å². The largest absolute Gasteiger partial charge is 0.462 e. The number of carbonyl (C=O) groups is 3. The molecule has 422 valence electrons. The number of hydrogen-bond donors (Lipinski definition) is 0. The highest BCUT2D eigenvalue weighted by molar-refractivity contribution is 5.71. The molecule has 0 saturated carbocycles. The highest BCUT2D eigenvalue weighted by atomic mass is 16.6. The van der Waals surface area contributed by atoms with Crippen LogP contribution in [0.1, 0.15) is 369 Å². The van der Waals surface area contributed by atoms with Crippen LogP contribution < -0.4 is 0 Å². The van der Waals surface area contributed by atoms with E-state index in [0.29, 0.717) is 19.3 Å². The number of ether oxygens (including phenoxy) is 3. The number of hydrogen-bond acceptors (Lipinski definition) is 6. The zero-order valence-electron chi connectivity index (χ0n) is 48.9. The summed E-state index contributed by atoms with van der Waals surface area (Å²) in [6, 6.07) is 0. The van der Waals surface area contributed by atoms with Crippen LogP contribution >= 0.6 is 0 Å². The second-order valence-electron chi connectivity index (χ2n) is 23.4. The lowest BCUT2D eigenvalue weighted by Gasteiger charge is -2.18. The van der Waals surface area contributed by atoms with Crippen molar-refractivity contribution in [1.29, 1.82) is 0 Å². The van der Waals surface area contributed by atoms with Crippen LogP contribution in [0, 0.1) is 11.8 Å². The molecule has 0 radical (unpaired) electrons. The van der Waals surface area contributed by atoms with Crippen molar-refractivity contribution in [2.45, 2.75) is 375 Å². The van der Waals surface area contributed by atoms with Gasteiger partial charge in [0.05, 0.1) is 0 Å². The molecule has 1 atom stereocenters. The highest BCUT2D eigenvalue weighted by Gasteiger charge is 2.19. The summed E-state index contributed by atoms with van der Waals surface area (Å²) in [6.45, 7) is 11.5. The Hall–Kier alpha value is -1.59. The lowest BCUT2D eigenvalue weighted by atomic mass is 10.0. The van der Waals surface area contributed by atoms with Gasteiger partial charge < -0.3 is 14.2 Å². The quantitative estimate of drug-likeness (QED) is 0.0343. The van der Waals surface area contributed by atoms with Gasteiger partial charge in [0.2, 0.25) is 0 Å². The van der Waals surface area contributed by atoms with Gasteiger partial charge in [0.25, 0.3) is 0 Å². The molecule has 0 rings (SSSR count). The Morgan fingerprint density at radius 2 is 0.465 bits per heavy atom. The minimum atomic E-state index is -0.763. The summed E-state index contributed by atoms with van der Waals surface area (Å²) in [4.78, 5) is 38.3. The van der Waals surface area contributed by atoms with Gasteiger partial charge in [0.15, 0.2) is 6.10 Å². The van der Waals surface area contributed by atoms with E-state index in [4.69, 9.17) is 14.2 Å². The Labute approximate surface area is 444 Å². The summed E-state index contributed by atoms with van der Waals surface area (Å²) in [5.74, 6) is 0.872. The Bertz CT molecular complexity index is 1090. The Kier molecular flexibility index (Phi) is 56.4. The van der Waals surface area contributed by atoms with E-state index < -0.39 is 6.10 Å². The van der Waals surface area contributed by atoms with Crippen LogP contribution in [0.2, 0.25) is 0 Å². The van der Waals surface area contributed by atoms with Crippen molar-refractivity contribution in [2.24, 2.45) is 11.8 Å². The molecule has 0 spiro atoms. The van der Waals surface area contributed by atoms with Crippen molar-refractivity contribution in [3.8, 4) is 0 Å². The minimum absolute atomic E-state index is 0.0617. The molecule has 0 unspecified atom stereocenters. The molecule has 0 fully saturated rings. The first kappa shape index (κ1) is 69.4. The first-order valence-electron chi connectivity index (χ1n) is 32.2. The molecular weight excluding hydrogens is 877 g/mol. The van der Waals surface area contributed by atoms with Crippen LogP contribution in [0.4, 0.5) is 0 Å². The third-order valence-corrected chi connectivity index (χ3v) is 15.0. The fraction of sp³-hybridized carbons (Fsp3) is 0.954. The third-order valence-electron chi connectivity index (χ3n) is 15.0. The summed E-state index contributed by atoms with van der Waals surface area (Å²) in [5, 5.41) is 0. The van der Waals surface area contributed by atoms with Gasteiger partial charge in [-0.2, -0.15) is 0 Å². The first-order chi connectivity index (χ1) is 34.7. The fourth-order valence-electron chi connectivity index (χ4n) is 10.1. The standard InChI is InChI=1S/C65H126O6/c1-6-7-8-9-10-11-12-13-18-25-30-35-40-45-50-55-63(66)69-58-62(71-65(68)57-52-47-42-37-32-27-22-21-24-29-34-39-44-49-54-61(4)5)59-70-64(67)56-51-46-41-36-31-26-20-17-15-14-16-19-23-28-33-38-43-48-53-60(2)3/h60-62H,6-59H2,1-5H3/t62-/m0/s1. The van der Waals surface area contributed by atoms with Crippen LogP contribution in [-0.4, -0.2) is 37.2 Å². The lowest BCUT2D eigenvalue weighted by Crippen LogP contribution is -2.30. The number of rotatable bonds is 59. The monoisotopic (exact) mass is 1000 g/mol. The first-order valence-corrected chi connectivity index (χ1v) is 32.2. The average molecular weight is 1000 g/mol. The zero-order chi connectivity index (χ0) is 51.8. The van der Waals surface area contributed by atoms with Crippen LogP contribution in [0.15, 0.2) is 0 Å². The van der Waals surface area contributed by atoms with Crippen LogP contribution in [-0.2, 0) is 28.6 Å². The molecule has 0 aliphatic carbocycles. The van der Waals surface area contributed by atoms with Gasteiger partial charge in [-0.3, -0.25) is 14.4 Å². The van der Waals surface area contributed by atoms with Crippen molar-refractivity contribution in [3.05, 3.63) is 0 Å². The molecule has 0 N–H and O–H groups in total. The van der Waals surface area contributed by atoms with Crippen molar-refractivity contribution in [1.82, 2.24) is 0 Å². The average Bonchev–Trinajstić information content (AvgIpc) is 3.35. The third kappa shape index (κ3) is 59.2. The molecule has 0 amide bonds. The van der Waals surface area contributed by atoms with E-state index >= 15 is 0 Å². The summed E-state index contributed by atoms with van der Waals surface area (Å²) in [7, 11) is 0. The minimum Gasteiger partial charge on any atom is -0.462 e. The molecule has 0 bridgehead atoms. The molecule has 6 heteroatoms. The van der Waals surface area contributed by atoms with Gasteiger partial charge in [-0.25, -0.2) is 0 Å². The van der Waals surface area contributed by atoms with E-state index in [1.807, 2.05) is 0 Å².